The van der Waals surface area contributed by atoms with Crippen LogP contribution in [-0.2, 0) is 11.2 Å². The Bertz CT molecular complexity index is 529. The Morgan fingerprint density at radius 1 is 1.55 bits per heavy atom. The van der Waals surface area contributed by atoms with Crippen LogP contribution in [0.1, 0.15) is 19.2 Å². The first-order valence-electron chi connectivity index (χ1n) is 6.52. The smallest absolute Gasteiger partial charge is 0.228 e. The third-order valence-electron chi connectivity index (χ3n) is 2.73. The molecule has 0 aliphatic rings. The molecular formula is C13H18BrN3O2S. The second kappa shape index (κ2) is 7.87. The summed E-state index contributed by atoms with van der Waals surface area (Å²) in [4.78, 5) is 5.44. The summed E-state index contributed by atoms with van der Waals surface area (Å²) in [7, 11) is 1.70. The average molecular weight is 360 g/mol. The van der Waals surface area contributed by atoms with Crippen molar-refractivity contribution in [2.75, 3.05) is 20.3 Å². The third-order valence-corrected chi connectivity index (χ3v) is 4.41. The van der Waals surface area contributed by atoms with E-state index in [4.69, 9.17) is 9.26 Å². The molecule has 0 aromatic carbocycles. The lowest BCUT2D eigenvalue weighted by Gasteiger charge is -2.15. The van der Waals surface area contributed by atoms with Gasteiger partial charge in [-0.25, -0.2) is 0 Å². The second-order valence-corrected chi connectivity index (χ2v) is 6.28. The van der Waals surface area contributed by atoms with E-state index in [1.165, 1.54) is 0 Å². The van der Waals surface area contributed by atoms with E-state index in [9.17, 15) is 0 Å². The van der Waals surface area contributed by atoms with E-state index in [1.54, 1.807) is 18.4 Å². The number of nitrogens with zero attached hydrogens (tertiary/aromatic N) is 2. The van der Waals surface area contributed by atoms with Crippen molar-refractivity contribution in [2.24, 2.45) is 0 Å². The normalized spacial score (nSPS) is 12.8. The monoisotopic (exact) mass is 359 g/mol. The van der Waals surface area contributed by atoms with Gasteiger partial charge in [0.25, 0.3) is 0 Å². The van der Waals surface area contributed by atoms with Crippen molar-refractivity contribution in [1.82, 2.24) is 15.5 Å². The number of hydrogen-bond acceptors (Lipinski definition) is 6. The van der Waals surface area contributed by atoms with Crippen molar-refractivity contribution < 1.29 is 9.26 Å². The molecule has 1 atom stereocenters. The first-order valence-corrected chi connectivity index (χ1v) is 8.19. The molecule has 0 saturated carbocycles. The lowest BCUT2D eigenvalue weighted by molar-refractivity contribution is 0.161. The van der Waals surface area contributed by atoms with Crippen LogP contribution < -0.4 is 5.32 Å². The van der Waals surface area contributed by atoms with Gasteiger partial charge in [-0.3, -0.25) is 0 Å². The van der Waals surface area contributed by atoms with Crippen molar-refractivity contribution >= 4 is 27.3 Å². The SMILES string of the molecule is CCCNC(COC)Cc1nc(-c2cc(Br)cs2)no1. The highest BCUT2D eigenvalue weighted by Gasteiger charge is 2.15. The fraction of sp³-hybridized carbons (Fsp3) is 0.538. The fourth-order valence-corrected chi connectivity index (χ4v) is 3.17. The maximum atomic E-state index is 5.32. The highest BCUT2D eigenvalue weighted by Crippen LogP contribution is 2.27. The molecule has 7 heteroatoms. The summed E-state index contributed by atoms with van der Waals surface area (Å²) >= 11 is 5.01. The molecule has 110 valence electrons. The lowest BCUT2D eigenvalue weighted by Crippen LogP contribution is -2.35. The van der Waals surface area contributed by atoms with Crippen molar-refractivity contribution in [1.29, 1.82) is 0 Å². The molecule has 20 heavy (non-hydrogen) atoms. The number of aromatic nitrogens is 2. The van der Waals surface area contributed by atoms with Crippen molar-refractivity contribution in [3.8, 4) is 10.7 Å². The first-order chi connectivity index (χ1) is 9.72. The molecule has 1 N–H and O–H groups in total. The van der Waals surface area contributed by atoms with E-state index < -0.39 is 0 Å². The van der Waals surface area contributed by atoms with Crippen LogP contribution in [0.4, 0.5) is 0 Å². The van der Waals surface area contributed by atoms with Gasteiger partial charge in [-0.05, 0) is 35.0 Å². The molecule has 0 radical (unpaired) electrons. The Hall–Kier alpha value is -0.760. The average Bonchev–Trinajstić information content (AvgIpc) is 3.05. The van der Waals surface area contributed by atoms with Gasteiger partial charge < -0.3 is 14.6 Å². The molecular weight excluding hydrogens is 342 g/mol. The molecule has 5 nitrogen and oxygen atoms in total. The summed E-state index contributed by atoms with van der Waals surface area (Å²) in [6, 6.07) is 2.18. The van der Waals surface area contributed by atoms with Crippen LogP contribution in [0.5, 0.6) is 0 Å². The molecule has 2 heterocycles. The quantitative estimate of drug-likeness (QED) is 0.784. The van der Waals surface area contributed by atoms with Crippen LogP contribution in [0.15, 0.2) is 20.4 Å². The highest BCUT2D eigenvalue weighted by atomic mass is 79.9. The fourth-order valence-electron chi connectivity index (χ4n) is 1.82. The molecule has 0 saturated heterocycles. The van der Waals surface area contributed by atoms with E-state index >= 15 is 0 Å². The Kier molecular flexibility index (Phi) is 6.15. The molecule has 0 fully saturated rings. The number of thiophene rings is 1. The van der Waals surface area contributed by atoms with Gasteiger partial charge in [0.15, 0.2) is 0 Å². The van der Waals surface area contributed by atoms with E-state index in [1.807, 2.05) is 11.4 Å². The minimum absolute atomic E-state index is 0.198. The summed E-state index contributed by atoms with van der Waals surface area (Å²) in [5, 5.41) is 9.44. The number of ether oxygens (including phenoxy) is 1. The molecule has 0 bridgehead atoms. The molecule has 0 amide bonds. The van der Waals surface area contributed by atoms with Gasteiger partial charge in [0.1, 0.15) is 0 Å². The zero-order valence-corrected chi connectivity index (χ0v) is 14.0. The standard InChI is InChI=1S/C13H18BrN3O2S/c1-3-4-15-10(7-18-2)6-12-16-13(17-19-12)11-5-9(14)8-20-11/h5,8,10,15H,3-4,6-7H2,1-2H3. The van der Waals surface area contributed by atoms with Gasteiger partial charge in [0.05, 0.1) is 11.5 Å². The Balaban J connectivity index is 2.00. The maximum Gasteiger partial charge on any atom is 0.228 e. The highest BCUT2D eigenvalue weighted by molar-refractivity contribution is 9.10. The number of halogens is 1. The number of nitrogens with one attached hydrogen (secondary N) is 1. The van der Waals surface area contributed by atoms with Gasteiger partial charge in [0.2, 0.25) is 11.7 Å². The van der Waals surface area contributed by atoms with Crippen LogP contribution in [0.3, 0.4) is 0 Å². The van der Waals surface area contributed by atoms with E-state index in [0.717, 1.165) is 22.3 Å². The Morgan fingerprint density at radius 3 is 3.05 bits per heavy atom. The van der Waals surface area contributed by atoms with Crippen LogP contribution in [0.25, 0.3) is 10.7 Å². The van der Waals surface area contributed by atoms with Gasteiger partial charge in [0, 0.05) is 29.4 Å². The number of rotatable bonds is 8. The molecule has 0 aliphatic heterocycles. The van der Waals surface area contributed by atoms with Crippen LogP contribution >= 0.6 is 27.3 Å². The maximum absolute atomic E-state index is 5.32. The molecule has 2 rings (SSSR count). The van der Waals surface area contributed by atoms with Crippen LogP contribution in [0, 0.1) is 0 Å². The van der Waals surface area contributed by atoms with E-state index in [2.05, 4.69) is 38.3 Å². The minimum Gasteiger partial charge on any atom is -0.383 e. The summed E-state index contributed by atoms with van der Waals surface area (Å²) in [6.07, 6.45) is 1.76. The molecule has 2 aromatic heterocycles. The largest absolute Gasteiger partial charge is 0.383 e. The minimum atomic E-state index is 0.198. The van der Waals surface area contributed by atoms with E-state index in [0.29, 0.717) is 24.7 Å². The second-order valence-electron chi connectivity index (χ2n) is 4.45. The summed E-state index contributed by atoms with van der Waals surface area (Å²) in [6.45, 7) is 3.71. The van der Waals surface area contributed by atoms with E-state index in [-0.39, 0.29) is 6.04 Å². The Labute approximate surface area is 130 Å². The van der Waals surface area contributed by atoms with Crippen molar-refractivity contribution in [3.63, 3.8) is 0 Å². The number of methoxy groups -OCH3 is 1. The zero-order valence-electron chi connectivity index (χ0n) is 11.6. The lowest BCUT2D eigenvalue weighted by atomic mass is 10.2. The first kappa shape index (κ1) is 15.6. The molecule has 0 aliphatic carbocycles. The molecule has 0 spiro atoms. The van der Waals surface area contributed by atoms with Gasteiger partial charge in [-0.2, -0.15) is 4.98 Å². The molecule has 2 aromatic rings. The van der Waals surface area contributed by atoms with Crippen molar-refractivity contribution in [2.45, 2.75) is 25.8 Å². The molecule has 1 unspecified atom stereocenters. The summed E-state index contributed by atoms with van der Waals surface area (Å²) in [5.41, 5.74) is 0. The zero-order chi connectivity index (χ0) is 14.4. The Morgan fingerprint density at radius 2 is 2.40 bits per heavy atom. The predicted octanol–water partition coefficient (Wildman–Crippen LogP) is 3.12. The predicted molar refractivity (Wildman–Crippen MR) is 83.0 cm³/mol. The van der Waals surface area contributed by atoms with Crippen molar-refractivity contribution in [3.05, 3.63) is 21.8 Å². The number of hydrogen-bond donors (Lipinski definition) is 1. The topological polar surface area (TPSA) is 60.2 Å². The van der Waals surface area contributed by atoms with Crippen LogP contribution in [-0.4, -0.2) is 36.4 Å². The van der Waals surface area contributed by atoms with Gasteiger partial charge in [-0.15, -0.1) is 11.3 Å². The van der Waals surface area contributed by atoms with Gasteiger partial charge >= 0.3 is 0 Å². The third kappa shape index (κ3) is 4.37. The van der Waals surface area contributed by atoms with Crippen LogP contribution in [0.2, 0.25) is 0 Å². The summed E-state index contributed by atoms with van der Waals surface area (Å²) in [5.74, 6) is 1.28. The summed E-state index contributed by atoms with van der Waals surface area (Å²) < 4.78 is 11.6. The van der Waals surface area contributed by atoms with Gasteiger partial charge in [-0.1, -0.05) is 12.1 Å².